The summed E-state index contributed by atoms with van der Waals surface area (Å²) >= 11 is 4.37. The fourth-order valence-electron chi connectivity index (χ4n) is 0.953. The number of hydrogen-bond acceptors (Lipinski definition) is 2. The van der Waals surface area contributed by atoms with Gasteiger partial charge < -0.3 is 4.90 Å². The molecular formula is C8H21NSSi. The molecule has 0 radical (unpaired) electrons. The Morgan fingerprint density at radius 1 is 1.27 bits per heavy atom. The highest BCUT2D eigenvalue weighted by atomic mass is 32.1. The Labute approximate surface area is 77.6 Å². The van der Waals surface area contributed by atoms with Crippen LogP contribution in [0, 0.1) is 0 Å². The normalized spacial score (nSPS) is 12.5. The average molecular weight is 191 g/mol. The first kappa shape index (κ1) is 11.5. The van der Waals surface area contributed by atoms with E-state index in [-0.39, 0.29) is 0 Å². The summed E-state index contributed by atoms with van der Waals surface area (Å²) in [5.74, 6) is 0. The van der Waals surface area contributed by atoms with Crippen LogP contribution in [0.4, 0.5) is 0 Å². The van der Waals surface area contributed by atoms with Crippen LogP contribution in [0.2, 0.25) is 19.1 Å². The minimum absolute atomic E-state index is 0.907. The summed E-state index contributed by atoms with van der Waals surface area (Å²) in [7, 11) is 3.36. The van der Waals surface area contributed by atoms with Crippen LogP contribution >= 0.6 is 12.6 Å². The maximum atomic E-state index is 4.37. The van der Waals surface area contributed by atoms with Gasteiger partial charge in [0.25, 0.3) is 0 Å². The lowest BCUT2D eigenvalue weighted by Gasteiger charge is -2.20. The van der Waals surface area contributed by atoms with Gasteiger partial charge in [0.05, 0.1) is 8.07 Å². The van der Waals surface area contributed by atoms with Crippen LogP contribution in [-0.4, -0.2) is 39.0 Å². The topological polar surface area (TPSA) is 3.24 Å². The second-order valence-corrected chi connectivity index (χ2v) is 10.3. The molecular weight excluding hydrogens is 170 g/mol. The smallest absolute Gasteiger partial charge is 0.0575 e. The van der Waals surface area contributed by atoms with Crippen molar-refractivity contribution in [1.29, 1.82) is 0 Å². The van der Waals surface area contributed by atoms with Crippen molar-refractivity contribution in [2.75, 3.05) is 26.0 Å². The first-order valence-electron chi connectivity index (χ1n) is 4.23. The molecule has 0 aliphatic carbocycles. The molecule has 0 bridgehead atoms. The summed E-state index contributed by atoms with van der Waals surface area (Å²) in [5, 5.41) is 1.13. The third kappa shape index (κ3) is 6.91. The number of thiol groups is 1. The summed E-state index contributed by atoms with van der Waals surface area (Å²) in [6.07, 6.45) is 1.34. The monoisotopic (exact) mass is 191 g/mol. The molecule has 0 saturated carbocycles. The molecule has 0 atom stereocenters. The SMILES string of the molecule is CN(C)CCC[Si](C)(C)CS. The van der Waals surface area contributed by atoms with Crippen molar-refractivity contribution in [3.63, 3.8) is 0 Å². The molecule has 0 heterocycles. The van der Waals surface area contributed by atoms with E-state index < -0.39 is 8.07 Å². The number of hydrogen-bond donors (Lipinski definition) is 1. The summed E-state index contributed by atoms with van der Waals surface area (Å²) in [5.41, 5.74) is 0. The van der Waals surface area contributed by atoms with Crippen LogP contribution in [0.25, 0.3) is 0 Å². The molecule has 1 nitrogen and oxygen atoms in total. The van der Waals surface area contributed by atoms with Gasteiger partial charge >= 0.3 is 0 Å². The van der Waals surface area contributed by atoms with E-state index >= 15 is 0 Å². The Morgan fingerprint density at radius 2 is 1.82 bits per heavy atom. The Hall–Kier alpha value is 0.527. The predicted molar refractivity (Wildman–Crippen MR) is 59.3 cm³/mol. The lowest BCUT2D eigenvalue weighted by Crippen LogP contribution is -2.29. The van der Waals surface area contributed by atoms with E-state index in [4.69, 9.17) is 0 Å². The summed E-state index contributed by atoms with van der Waals surface area (Å²) in [6.45, 7) is 6.05. The second-order valence-electron chi connectivity index (χ2n) is 4.23. The first-order chi connectivity index (χ1) is 4.98. The standard InChI is InChI=1S/C8H21NSSi/c1-9(2)6-5-7-11(3,4)8-10/h10H,5-8H2,1-4H3. The summed E-state index contributed by atoms with van der Waals surface area (Å²) < 4.78 is 0. The van der Waals surface area contributed by atoms with Crippen LogP contribution in [0.1, 0.15) is 6.42 Å². The third-order valence-corrected chi connectivity index (χ3v) is 7.02. The van der Waals surface area contributed by atoms with E-state index in [9.17, 15) is 0 Å². The van der Waals surface area contributed by atoms with Crippen molar-refractivity contribution >= 4 is 20.7 Å². The quantitative estimate of drug-likeness (QED) is 0.515. The van der Waals surface area contributed by atoms with E-state index in [2.05, 4.69) is 44.7 Å². The molecule has 3 heteroatoms. The molecule has 0 rings (SSSR count). The van der Waals surface area contributed by atoms with Crippen LogP contribution < -0.4 is 0 Å². The zero-order valence-corrected chi connectivity index (χ0v) is 10.1. The van der Waals surface area contributed by atoms with Gasteiger partial charge in [-0.15, -0.1) is 0 Å². The lowest BCUT2D eigenvalue weighted by molar-refractivity contribution is 0.407. The van der Waals surface area contributed by atoms with Gasteiger partial charge in [-0.2, -0.15) is 12.6 Å². The maximum Gasteiger partial charge on any atom is 0.0575 e. The molecule has 0 fully saturated rings. The van der Waals surface area contributed by atoms with Crippen molar-refractivity contribution in [2.24, 2.45) is 0 Å². The van der Waals surface area contributed by atoms with Gasteiger partial charge in [-0.25, -0.2) is 0 Å². The van der Waals surface area contributed by atoms with Crippen LogP contribution in [0.3, 0.4) is 0 Å². The molecule has 0 unspecified atom stereocenters. The molecule has 0 aromatic heterocycles. The molecule has 11 heavy (non-hydrogen) atoms. The number of nitrogens with zero attached hydrogens (tertiary/aromatic N) is 1. The molecule has 0 spiro atoms. The van der Waals surface area contributed by atoms with Crippen molar-refractivity contribution < 1.29 is 0 Å². The minimum atomic E-state index is -0.907. The minimum Gasteiger partial charge on any atom is -0.309 e. The van der Waals surface area contributed by atoms with E-state index in [1.165, 1.54) is 19.0 Å². The fourth-order valence-corrected chi connectivity index (χ4v) is 2.70. The van der Waals surface area contributed by atoms with Gasteiger partial charge in [0, 0.05) is 0 Å². The molecule has 68 valence electrons. The highest BCUT2D eigenvalue weighted by Gasteiger charge is 2.17. The van der Waals surface area contributed by atoms with E-state index in [0.717, 1.165) is 5.38 Å². The molecule has 0 amide bonds. The van der Waals surface area contributed by atoms with Crippen LogP contribution in [0.5, 0.6) is 0 Å². The highest BCUT2D eigenvalue weighted by Crippen LogP contribution is 2.13. The van der Waals surface area contributed by atoms with Crippen molar-refractivity contribution in [1.82, 2.24) is 4.90 Å². The summed E-state index contributed by atoms with van der Waals surface area (Å²) in [6, 6.07) is 1.41. The van der Waals surface area contributed by atoms with Gasteiger partial charge in [0.2, 0.25) is 0 Å². The van der Waals surface area contributed by atoms with Crippen molar-refractivity contribution in [3.8, 4) is 0 Å². The molecule has 0 N–H and O–H groups in total. The fraction of sp³-hybridized carbons (Fsp3) is 1.00. The Kier molecular flexibility index (Phi) is 5.47. The van der Waals surface area contributed by atoms with Crippen molar-refractivity contribution in [2.45, 2.75) is 25.6 Å². The van der Waals surface area contributed by atoms with E-state index in [1.54, 1.807) is 0 Å². The Morgan fingerprint density at radius 3 is 2.18 bits per heavy atom. The van der Waals surface area contributed by atoms with Gasteiger partial charge in [-0.05, 0) is 32.4 Å². The van der Waals surface area contributed by atoms with Gasteiger partial charge in [-0.1, -0.05) is 19.1 Å². The zero-order chi connectivity index (χ0) is 8.91. The van der Waals surface area contributed by atoms with E-state index in [1.807, 2.05) is 0 Å². The van der Waals surface area contributed by atoms with E-state index in [0.29, 0.717) is 0 Å². The van der Waals surface area contributed by atoms with Crippen molar-refractivity contribution in [3.05, 3.63) is 0 Å². The largest absolute Gasteiger partial charge is 0.309 e. The Balaban J connectivity index is 3.38. The van der Waals surface area contributed by atoms with Crippen LogP contribution in [0.15, 0.2) is 0 Å². The molecule has 0 aliphatic heterocycles. The predicted octanol–water partition coefficient (Wildman–Crippen LogP) is 2.12. The molecule has 0 aromatic rings. The lowest BCUT2D eigenvalue weighted by atomic mass is 10.5. The average Bonchev–Trinajstić information content (AvgIpc) is 1.87. The van der Waals surface area contributed by atoms with Gasteiger partial charge in [0.1, 0.15) is 0 Å². The first-order valence-corrected chi connectivity index (χ1v) is 8.28. The highest BCUT2D eigenvalue weighted by molar-refractivity contribution is 7.82. The van der Waals surface area contributed by atoms with Gasteiger partial charge in [-0.3, -0.25) is 0 Å². The zero-order valence-electron chi connectivity index (χ0n) is 8.22. The third-order valence-electron chi connectivity index (χ3n) is 1.89. The Bertz CT molecular complexity index is 104. The molecule has 0 aliphatic rings. The summed E-state index contributed by atoms with van der Waals surface area (Å²) in [4.78, 5) is 2.25. The van der Waals surface area contributed by atoms with Crippen LogP contribution in [-0.2, 0) is 0 Å². The molecule has 0 aromatic carbocycles. The maximum absolute atomic E-state index is 4.37. The van der Waals surface area contributed by atoms with Gasteiger partial charge in [0.15, 0.2) is 0 Å². The number of rotatable bonds is 5. The second kappa shape index (κ2) is 5.22. The molecule has 0 saturated heterocycles.